The van der Waals surface area contributed by atoms with E-state index in [1.165, 1.54) is 44.9 Å². The third-order valence-electron chi connectivity index (χ3n) is 2.90. The van der Waals surface area contributed by atoms with E-state index in [2.05, 4.69) is 6.92 Å². The standard InChI is InChI=1S/C14H25Cl3O2/c1-2-3-4-5-6-7-8-9-10-11-13(18)19-14(16,17)12-15/h2-12H2,1H3. The van der Waals surface area contributed by atoms with E-state index >= 15 is 0 Å². The van der Waals surface area contributed by atoms with Crippen molar-refractivity contribution in [2.24, 2.45) is 0 Å². The second-order valence-electron chi connectivity index (χ2n) is 4.82. The van der Waals surface area contributed by atoms with Gasteiger partial charge in [0.1, 0.15) is 0 Å². The zero-order valence-electron chi connectivity index (χ0n) is 11.7. The van der Waals surface area contributed by atoms with Gasteiger partial charge in [-0.25, -0.2) is 0 Å². The highest BCUT2D eigenvalue weighted by molar-refractivity contribution is 6.50. The van der Waals surface area contributed by atoms with Gasteiger partial charge in [-0.2, -0.15) is 0 Å². The van der Waals surface area contributed by atoms with Crippen LogP contribution >= 0.6 is 34.8 Å². The van der Waals surface area contributed by atoms with Crippen LogP contribution in [0.25, 0.3) is 0 Å². The molecule has 0 fully saturated rings. The molecule has 0 unspecified atom stereocenters. The molecule has 0 aliphatic rings. The molecule has 0 aliphatic heterocycles. The fourth-order valence-corrected chi connectivity index (χ4v) is 2.05. The molecular formula is C14H25Cl3O2. The summed E-state index contributed by atoms with van der Waals surface area (Å²) in [6.07, 6.45) is 11.2. The van der Waals surface area contributed by atoms with Crippen LogP contribution < -0.4 is 0 Å². The van der Waals surface area contributed by atoms with Crippen LogP contribution in [0.5, 0.6) is 0 Å². The average molecular weight is 332 g/mol. The molecule has 0 atom stereocenters. The summed E-state index contributed by atoms with van der Waals surface area (Å²) >= 11 is 16.7. The van der Waals surface area contributed by atoms with E-state index in [4.69, 9.17) is 39.5 Å². The van der Waals surface area contributed by atoms with E-state index in [-0.39, 0.29) is 11.8 Å². The minimum atomic E-state index is -1.59. The zero-order valence-corrected chi connectivity index (χ0v) is 14.0. The zero-order chi connectivity index (χ0) is 14.6. The molecule has 0 heterocycles. The second-order valence-corrected chi connectivity index (χ2v) is 6.51. The van der Waals surface area contributed by atoms with Crippen molar-refractivity contribution in [1.29, 1.82) is 0 Å². The summed E-state index contributed by atoms with van der Waals surface area (Å²) in [6.45, 7) is 2.22. The third-order valence-corrected chi connectivity index (χ3v) is 3.97. The Kier molecular flexibility index (Phi) is 12.3. The van der Waals surface area contributed by atoms with Crippen LogP contribution in [0.2, 0.25) is 0 Å². The third kappa shape index (κ3) is 13.1. The van der Waals surface area contributed by atoms with Crippen LogP contribution in [0.4, 0.5) is 0 Å². The first-order valence-corrected chi connectivity index (χ1v) is 8.46. The number of alkyl halides is 3. The molecule has 0 aromatic heterocycles. The summed E-state index contributed by atoms with van der Waals surface area (Å²) in [5, 5.41) is 0. The second kappa shape index (κ2) is 12.1. The van der Waals surface area contributed by atoms with Gasteiger partial charge in [0.15, 0.2) is 0 Å². The molecule has 0 spiro atoms. The molecule has 0 saturated heterocycles. The molecule has 0 N–H and O–H groups in total. The van der Waals surface area contributed by atoms with E-state index in [0.29, 0.717) is 6.42 Å². The molecule has 0 radical (unpaired) electrons. The summed E-state index contributed by atoms with van der Waals surface area (Å²) in [5.41, 5.74) is 0. The van der Waals surface area contributed by atoms with Gasteiger partial charge < -0.3 is 4.74 Å². The Hall–Kier alpha value is 0.340. The first kappa shape index (κ1) is 19.3. The van der Waals surface area contributed by atoms with Crippen molar-refractivity contribution in [2.45, 2.75) is 75.7 Å². The van der Waals surface area contributed by atoms with Gasteiger partial charge in [-0.05, 0) is 6.42 Å². The topological polar surface area (TPSA) is 26.3 Å². The van der Waals surface area contributed by atoms with Crippen LogP contribution in [0.15, 0.2) is 0 Å². The van der Waals surface area contributed by atoms with E-state index in [1.54, 1.807) is 0 Å². The van der Waals surface area contributed by atoms with Crippen molar-refractivity contribution in [3.63, 3.8) is 0 Å². The number of esters is 1. The largest absolute Gasteiger partial charge is 0.427 e. The van der Waals surface area contributed by atoms with Crippen molar-refractivity contribution in [1.82, 2.24) is 0 Å². The predicted molar refractivity (Wildman–Crippen MR) is 83.1 cm³/mol. The van der Waals surface area contributed by atoms with Crippen LogP contribution in [-0.4, -0.2) is 16.4 Å². The quantitative estimate of drug-likeness (QED) is 0.256. The Bertz CT molecular complexity index is 233. The van der Waals surface area contributed by atoms with E-state index < -0.39 is 4.52 Å². The fraction of sp³-hybridized carbons (Fsp3) is 0.929. The van der Waals surface area contributed by atoms with Crippen LogP contribution in [0, 0.1) is 0 Å². The first-order valence-electron chi connectivity index (χ1n) is 7.17. The molecule has 0 bridgehead atoms. The summed E-state index contributed by atoms with van der Waals surface area (Å²) in [5.74, 6) is -0.506. The average Bonchev–Trinajstić information content (AvgIpc) is 2.36. The summed E-state index contributed by atoms with van der Waals surface area (Å²) in [4.78, 5) is 11.4. The molecule has 0 amide bonds. The molecule has 0 rings (SSSR count). The lowest BCUT2D eigenvalue weighted by atomic mass is 10.1. The Morgan fingerprint density at radius 1 is 0.947 bits per heavy atom. The minimum Gasteiger partial charge on any atom is -0.427 e. The van der Waals surface area contributed by atoms with Gasteiger partial charge in [-0.1, -0.05) is 81.5 Å². The van der Waals surface area contributed by atoms with E-state index in [0.717, 1.165) is 12.8 Å². The molecule has 0 aliphatic carbocycles. The molecule has 5 heteroatoms. The van der Waals surface area contributed by atoms with Gasteiger partial charge in [0, 0.05) is 6.42 Å². The highest BCUT2D eigenvalue weighted by Crippen LogP contribution is 2.25. The Morgan fingerprint density at radius 3 is 1.89 bits per heavy atom. The highest BCUT2D eigenvalue weighted by Gasteiger charge is 2.27. The lowest BCUT2D eigenvalue weighted by Crippen LogP contribution is -2.24. The maximum Gasteiger partial charge on any atom is 0.308 e. The first-order chi connectivity index (χ1) is 9.02. The van der Waals surface area contributed by atoms with Crippen LogP contribution in [-0.2, 0) is 9.53 Å². The molecule has 19 heavy (non-hydrogen) atoms. The van der Waals surface area contributed by atoms with Crippen LogP contribution in [0.1, 0.15) is 71.1 Å². The van der Waals surface area contributed by atoms with Crippen molar-refractivity contribution in [3.8, 4) is 0 Å². The van der Waals surface area contributed by atoms with Gasteiger partial charge in [0.25, 0.3) is 4.52 Å². The number of halogens is 3. The number of carbonyl (C=O) groups excluding carboxylic acids is 1. The van der Waals surface area contributed by atoms with Crippen molar-refractivity contribution in [2.75, 3.05) is 5.88 Å². The smallest absolute Gasteiger partial charge is 0.308 e. The van der Waals surface area contributed by atoms with E-state index in [1.807, 2.05) is 0 Å². The predicted octanol–water partition coefficient (Wildman–Crippen LogP) is 5.82. The fourth-order valence-electron chi connectivity index (χ4n) is 1.82. The van der Waals surface area contributed by atoms with Gasteiger partial charge in [0.05, 0.1) is 5.88 Å². The Balaban J connectivity index is 3.32. The number of ether oxygens (including phenoxy) is 1. The molecule has 114 valence electrons. The lowest BCUT2D eigenvalue weighted by Gasteiger charge is -2.16. The van der Waals surface area contributed by atoms with Crippen molar-refractivity contribution >= 4 is 40.8 Å². The molecule has 2 nitrogen and oxygen atoms in total. The number of rotatable bonds is 12. The molecule has 0 aromatic carbocycles. The summed E-state index contributed by atoms with van der Waals surface area (Å²) in [6, 6.07) is 0. The number of hydrogen-bond donors (Lipinski definition) is 0. The number of unbranched alkanes of at least 4 members (excludes halogenated alkanes) is 8. The molecule has 0 aromatic rings. The van der Waals surface area contributed by atoms with Crippen molar-refractivity contribution < 1.29 is 9.53 Å². The Labute approximate surface area is 132 Å². The lowest BCUT2D eigenvalue weighted by molar-refractivity contribution is -0.146. The normalized spacial score (nSPS) is 11.6. The van der Waals surface area contributed by atoms with Gasteiger partial charge in [-0.15, -0.1) is 11.6 Å². The van der Waals surface area contributed by atoms with Gasteiger partial charge >= 0.3 is 5.97 Å². The maximum atomic E-state index is 11.4. The molecular weight excluding hydrogens is 307 g/mol. The van der Waals surface area contributed by atoms with E-state index in [9.17, 15) is 4.79 Å². The summed E-state index contributed by atoms with van der Waals surface area (Å²) < 4.78 is 3.23. The minimum absolute atomic E-state index is 0.125. The monoisotopic (exact) mass is 330 g/mol. The SMILES string of the molecule is CCCCCCCCCCCC(=O)OC(Cl)(Cl)CCl. The van der Waals surface area contributed by atoms with Gasteiger partial charge in [0.2, 0.25) is 0 Å². The highest BCUT2D eigenvalue weighted by atomic mass is 35.5. The van der Waals surface area contributed by atoms with Crippen LogP contribution in [0.3, 0.4) is 0 Å². The molecule has 0 saturated carbocycles. The van der Waals surface area contributed by atoms with Crippen molar-refractivity contribution in [3.05, 3.63) is 0 Å². The Morgan fingerprint density at radius 2 is 1.42 bits per heavy atom. The summed E-state index contributed by atoms with van der Waals surface area (Å²) in [7, 11) is 0. The maximum absolute atomic E-state index is 11.4. The van der Waals surface area contributed by atoms with Gasteiger partial charge in [-0.3, -0.25) is 4.79 Å². The number of hydrogen-bond acceptors (Lipinski definition) is 2. The number of carbonyl (C=O) groups is 1.